The lowest BCUT2D eigenvalue weighted by Crippen LogP contribution is -2.31. The van der Waals surface area contributed by atoms with E-state index < -0.39 is 0 Å². The zero-order valence-corrected chi connectivity index (χ0v) is 12.7. The highest BCUT2D eigenvalue weighted by Gasteiger charge is 2.05. The Bertz CT molecular complexity index is 474. The standard InChI is InChI=1S/C16H24N2O3/c1-12(10-17)11-18-16(20)7-4-8-21-15-6-3-5-14(9-15)13(2)19/h3,5-6,9,12H,4,7-8,10-11,17H2,1-2H3,(H,18,20). The Labute approximate surface area is 125 Å². The number of hydrogen-bond acceptors (Lipinski definition) is 4. The second kappa shape index (κ2) is 9.13. The highest BCUT2D eigenvalue weighted by atomic mass is 16.5. The average molecular weight is 292 g/mol. The number of ether oxygens (including phenoxy) is 1. The van der Waals surface area contributed by atoms with E-state index in [2.05, 4.69) is 5.32 Å². The third-order valence-corrected chi connectivity index (χ3v) is 3.11. The van der Waals surface area contributed by atoms with Gasteiger partial charge in [-0.3, -0.25) is 9.59 Å². The quantitative estimate of drug-likeness (QED) is 0.537. The molecule has 0 aliphatic heterocycles. The summed E-state index contributed by atoms with van der Waals surface area (Å²) in [5.74, 6) is 0.963. The smallest absolute Gasteiger partial charge is 0.220 e. The Kier molecular flexibility index (Phi) is 7.46. The molecule has 21 heavy (non-hydrogen) atoms. The van der Waals surface area contributed by atoms with Gasteiger partial charge in [0.05, 0.1) is 6.61 Å². The second-order valence-electron chi connectivity index (χ2n) is 5.18. The molecule has 3 N–H and O–H groups in total. The Morgan fingerprint density at radius 1 is 1.38 bits per heavy atom. The van der Waals surface area contributed by atoms with Crippen LogP contribution in [0.5, 0.6) is 5.75 Å². The van der Waals surface area contributed by atoms with E-state index in [1.807, 2.05) is 6.92 Å². The normalized spacial score (nSPS) is 11.8. The summed E-state index contributed by atoms with van der Waals surface area (Å²) in [6, 6.07) is 7.05. The first-order valence-corrected chi connectivity index (χ1v) is 7.23. The van der Waals surface area contributed by atoms with Gasteiger partial charge in [-0.05, 0) is 37.9 Å². The SMILES string of the molecule is CC(=O)c1cccc(OCCCC(=O)NCC(C)CN)c1. The van der Waals surface area contributed by atoms with Gasteiger partial charge in [0, 0.05) is 18.5 Å². The van der Waals surface area contributed by atoms with Crippen LogP contribution < -0.4 is 15.8 Å². The molecular weight excluding hydrogens is 268 g/mol. The topological polar surface area (TPSA) is 81.4 Å². The van der Waals surface area contributed by atoms with Gasteiger partial charge in [-0.1, -0.05) is 19.1 Å². The van der Waals surface area contributed by atoms with Crippen molar-refractivity contribution in [3.63, 3.8) is 0 Å². The fourth-order valence-corrected chi connectivity index (χ4v) is 1.69. The Balaban J connectivity index is 2.23. The van der Waals surface area contributed by atoms with E-state index >= 15 is 0 Å². The number of Topliss-reactive ketones (excluding diaryl/α,β-unsaturated/α-hetero) is 1. The molecule has 1 rings (SSSR count). The monoisotopic (exact) mass is 292 g/mol. The van der Waals surface area contributed by atoms with E-state index in [1.165, 1.54) is 6.92 Å². The molecule has 116 valence electrons. The fourth-order valence-electron chi connectivity index (χ4n) is 1.69. The summed E-state index contributed by atoms with van der Waals surface area (Å²) in [6.07, 6.45) is 1.05. The lowest BCUT2D eigenvalue weighted by Gasteiger charge is -2.10. The lowest BCUT2D eigenvalue weighted by molar-refractivity contribution is -0.121. The third-order valence-electron chi connectivity index (χ3n) is 3.11. The van der Waals surface area contributed by atoms with Crippen LogP contribution in [0.1, 0.15) is 37.0 Å². The van der Waals surface area contributed by atoms with Crippen LogP contribution in [-0.2, 0) is 4.79 Å². The van der Waals surface area contributed by atoms with Gasteiger partial charge in [-0.15, -0.1) is 0 Å². The second-order valence-corrected chi connectivity index (χ2v) is 5.18. The van der Waals surface area contributed by atoms with Crippen LogP contribution in [0.25, 0.3) is 0 Å². The highest BCUT2D eigenvalue weighted by molar-refractivity contribution is 5.94. The molecule has 5 heteroatoms. The van der Waals surface area contributed by atoms with Gasteiger partial charge in [0.25, 0.3) is 0 Å². The molecule has 0 heterocycles. The Hall–Kier alpha value is -1.88. The maximum Gasteiger partial charge on any atom is 0.220 e. The maximum absolute atomic E-state index is 11.6. The predicted molar refractivity (Wildman–Crippen MR) is 82.4 cm³/mol. The van der Waals surface area contributed by atoms with Crippen molar-refractivity contribution in [1.82, 2.24) is 5.32 Å². The molecule has 0 saturated heterocycles. The fraction of sp³-hybridized carbons (Fsp3) is 0.500. The zero-order chi connectivity index (χ0) is 15.7. The summed E-state index contributed by atoms with van der Waals surface area (Å²) < 4.78 is 5.54. The van der Waals surface area contributed by atoms with Gasteiger partial charge in [-0.2, -0.15) is 0 Å². The van der Waals surface area contributed by atoms with Gasteiger partial charge in [-0.25, -0.2) is 0 Å². The molecule has 0 spiro atoms. The molecule has 1 unspecified atom stereocenters. The van der Waals surface area contributed by atoms with Crippen LogP contribution >= 0.6 is 0 Å². The van der Waals surface area contributed by atoms with Crippen molar-refractivity contribution < 1.29 is 14.3 Å². The van der Waals surface area contributed by atoms with Crippen LogP contribution in [0.3, 0.4) is 0 Å². The molecule has 1 amide bonds. The molecule has 0 aromatic heterocycles. The largest absolute Gasteiger partial charge is 0.494 e. The first-order valence-electron chi connectivity index (χ1n) is 7.23. The number of nitrogens with two attached hydrogens (primary N) is 1. The first-order chi connectivity index (χ1) is 10.0. The number of carbonyl (C=O) groups is 2. The number of ketones is 1. The zero-order valence-electron chi connectivity index (χ0n) is 12.7. The summed E-state index contributed by atoms with van der Waals surface area (Å²) in [5, 5.41) is 2.84. The van der Waals surface area contributed by atoms with Crippen molar-refractivity contribution in [3.05, 3.63) is 29.8 Å². The molecule has 1 aromatic carbocycles. The van der Waals surface area contributed by atoms with Gasteiger partial charge < -0.3 is 15.8 Å². The summed E-state index contributed by atoms with van der Waals surface area (Å²) in [5.41, 5.74) is 6.11. The molecule has 1 atom stereocenters. The molecular formula is C16H24N2O3. The van der Waals surface area contributed by atoms with Gasteiger partial charge in [0.2, 0.25) is 5.91 Å². The van der Waals surface area contributed by atoms with Crippen molar-refractivity contribution in [3.8, 4) is 5.75 Å². The molecule has 0 fully saturated rings. The van der Waals surface area contributed by atoms with Gasteiger partial charge in [0.1, 0.15) is 5.75 Å². The minimum atomic E-state index is 0.00820. The number of hydrogen-bond donors (Lipinski definition) is 2. The minimum absolute atomic E-state index is 0.00820. The number of benzene rings is 1. The number of carbonyl (C=O) groups excluding carboxylic acids is 2. The summed E-state index contributed by atoms with van der Waals surface area (Å²) in [7, 11) is 0. The van der Waals surface area contributed by atoms with E-state index in [4.69, 9.17) is 10.5 Å². The summed E-state index contributed by atoms with van der Waals surface area (Å²) in [6.45, 7) is 5.13. The molecule has 0 aliphatic rings. The number of nitrogens with one attached hydrogen (secondary N) is 1. The summed E-state index contributed by atoms with van der Waals surface area (Å²) >= 11 is 0. The van der Waals surface area contributed by atoms with E-state index in [-0.39, 0.29) is 11.7 Å². The van der Waals surface area contributed by atoms with E-state index in [1.54, 1.807) is 24.3 Å². The van der Waals surface area contributed by atoms with Crippen molar-refractivity contribution in [1.29, 1.82) is 0 Å². The predicted octanol–water partition coefficient (Wildman–Crippen LogP) is 1.76. The van der Waals surface area contributed by atoms with Gasteiger partial charge >= 0.3 is 0 Å². The maximum atomic E-state index is 11.6. The van der Waals surface area contributed by atoms with Crippen LogP contribution in [-0.4, -0.2) is 31.4 Å². The van der Waals surface area contributed by atoms with Crippen molar-refractivity contribution in [2.75, 3.05) is 19.7 Å². The van der Waals surface area contributed by atoms with Crippen LogP contribution in [0, 0.1) is 5.92 Å². The molecule has 0 saturated carbocycles. The molecule has 1 aromatic rings. The highest BCUT2D eigenvalue weighted by Crippen LogP contribution is 2.14. The summed E-state index contributed by atoms with van der Waals surface area (Å²) in [4.78, 5) is 22.8. The molecule has 0 radical (unpaired) electrons. The molecule has 0 bridgehead atoms. The third kappa shape index (κ3) is 6.90. The Morgan fingerprint density at radius 2 is 2.14 bits per heavy atom. The van der Waals surface area contributed by atoms with Crippen LogP contribution in [0.2, 0.25) is 0 Å². The van der Waals surface area contributed by atoms with Crippen molar-refractivity contribution in [2.24, 2.45) is 11.7 Å². The molecule has 0 aliphatic carbocycles. The number of amides is 1. The van der Waals surface area contributed by atoms with E-state index in [0.29, 0.717) is 49.8 Å². The lowest BCUT2D eigenvalue weighted by atomic mass is 10.1. The van der Waals surface area contributed by atoms with Crippen molar-refractivity contribution in [2.45, 2.75) is 26.7 Å². The average Bonchev–Trinajstić information content (AvgIpc) is 2.49. The van der Waals surface area contributed by atoms with E-state index in [0.717, 1.165) is 0 Å². The molecule has 5 nitrogen and oxygen atoms in total. The van der Waals surface area contributed by atoms with E-state index in [9.17, 15) is 9.59 Å². The van der Waals surface area contributed by atoms with Crippen LogP contribution in [0.4, 0.5) is 0 Å². The Morgan fingerprint density at radius 3 is 2.81 bits per heavy atom. The number of rotatable bonds is 9. The minimum Gasteiger partial charge on any atom is -0.494 e. The van der Waals surface area contributed by atoms with Crippen molar-refractivity contribution >= 4 is 11.7 Å². The first kappa shape index (κ1) is 17.2. The van der Waals surface area contributed by atoms with Crippen LogP contribution in [0.15, 0.2) is 24.3 Å². The van der Waals surface area contributed by atoms with Gasteiger partial charge in [0.15, 0.2) is 5.78 Å².